The van der Waals surface area contributed by atoms with Gasteiger partial charge in [-0.25, -0.2) is 0 Å². The van der Waals surface area contributed by atoms with Crippen LogP contribution in [-0.2, 0) is 4.79 Å². The van der Waals surface area contributed by atoms with Gasteiger partial charge in [-0.2, -0.15) is 0 Å². The molecule has 106 valence electrons. The third-order valence-corrected chi connectivity index (χ3v) is 3.86. The van der Waals surface area contributed by atoms with Crippen molar-refractivity contribution in [1.82, 2.24) is 10.2 Å². The molecule has 1 aliphatic rings. The van der Waals surface area contributed by atoms with Crippen molar-refractivity contribution in [2.75, 3.05) is 26.2 Å². The highest BCUT2D eigenvalue weighted by Crippen LogP contribution is 2.13. The summed E-state index contributed by atoms with van der Waals surface area (Å²) in [6.07, 6.45) is 8.02. The second-order valence-electron chi connectivity index (χ2n) is 5.46. The monoisotopic (exact) mass is 254 g/mol. The predicted molar refractivity (Wildman–Crippen MR) is 76.6 cm³/mol. The summed E-state index contributed by atoms with van der Waals surface area (Å²) in [5, 5.41) is 3.43. The van der Waals surface area contributed by atoms with E-state index < -0.39 is 0 Å². The number of unbranched alkanes of at least 4 members (excludes halogenated alkanes) is 3. The van der Waals surface area contributed by atoms with Gasteiger partial charge in [0, 0.05) is 19.5 Å². The number of amides is 1. The molecule has 1 N–H and O–H groups in total. The molecule has 0 aliphatic carbocycles. The minimum absolute atomic E-state index is 0.360. The van der Waals surface area contributed by atoms with Gasteiger partial charge in [-0.3, -0.25) is 4.79 Å². The molecule has 1 amide bonds. The molecule has 1 rings (SSSR count). The van der Waals surface area contributed by atoms with Gasteiger partial charge in [0.1, 0.15) is 0 Å². The van der Waals surface area contributed by atoms with Crippen LogP contribution >= 0.6 is 0 Å². The molecule has 3 heteroatoms. The second kappa shape index (κ2) is 9.37. The van der Waals surface area contributed by atoms with Crippen molar-refractivity contribution < 1.29 is 4.79 Å². The minimum Gasteiger partial charge on any atom is -0.343 e. The van der Waals surface area contributed by atoms with E-state index in [9.17, 15) is 4.79 Å². The van der Waals surface area contributed by atoms with Crippen molar-refractivity contribution >= 4 is 5.91 Å². The molecule has 1 saturated heterocycles. The van der Waals surface area contributed by atoms with Gasteiger partial charge in [-0.15, -0.1) is 0 Å². The third-order valence-electron chi connectivity index (χ3n) is 3.86. The van der Waals surface area contributed by atoms with E-state index in [1.165, 1.54) is 32.1 Å². The molecule has 1 unspecified atom stereocenters. The molecule has 1 atom stereocenters. The molecule has 0 radical (unpaired) electrons. The number of hydrogen-bond acceptors (Lipinski definition) is 2. The van der Waals surface area contributed by atoms with E-state index in [1.807, 2.05) is 0 Å². The fourth-order valence-electron chi connectivity index (χ4n) is 2.66. The largest absolute Gasteiger partial charge is 0.343 e. The van der Waals surface area contributed by atoms with Crippen LogP contribution in [0.4, 0.5) is 0 Å². The Hall–Kier alpha value is -0.570. The maximum atomic E-state index is 12.1. The van der Waals surface area contributed by atoms with Crippen LogP contribution in [0.2, 0.25) is 0 Å². The zero-order chi connectivity index (χ0) is 13.2. The van der Waals surface area contributed by atoms with Crippen molar-refractivity contribution in [2.24, 2.45) is 5.92 Å². The lowest BCUT2D eigenvalue weighted by Gasteiger charge is -2.29. The van der Waals surface area contributed by atoms with Crippen LogP contribution in [0.3, 0.4) is 0 Å². The quantitative estimate of drug-likeness (QED) is 0.676. The Morgan fingerprint density at radius 2 is 2.11 bits per heavy atom. The molecule has 1 fully saturated rings. The number of carbonyl (C=O) groups excluding carboxylic acids is 1. The van der Waals surface area contributed by atoms with E-state index in [0.29, 0.717) is 11.8 Å². The number of piperidine rings is 1. The van der Waals surface area contributed by atoms with Gasteiger partial charge in [0.2, 0.25) is 5.91 Å². The van der Waals surface area contributed by atoms with Crippen LogP contribution in [0.25, 0.3) is 0 Å². The normalized spacial score (nSPS) is 19.8. The summed E-state index contributed by atoms with van der Waals surface area (Å²) in [6.45, 7) is 8.35. The van der Waals surface area contributed by atoms with Gasteiger partial charge in [0.25, 0.3) is 0 Å². The van der Waals surface area contributed by atoms with Crippen molar-refractivity contribution in [3.8, 4) is 0 Å². The summed E-state index contributed by atoms with van der Waals surface area (Å²) < 4.78 is 0. The van der Waals surface area contributed by atoms with Crippen LogP contribution in [0.1, 0.15) is 58.8 Å². The van der Waals surface area contributed by atoms with Gasteiger partial charge in [0.15, 0.2) is 0 Å². The number of nitrogens with zero attached hydrogens (tertiary/aromatic N) is 1. The second-order valence-corrected chi connectivity index (χ2v) is 5.46. The van der Waals surface area contributed by atoms with Crippen LogP contribution in [0.5, 0.6) is 0 Å². The Kier molecular flexibility index (Phi) is 8.06. The highest BCUT2D eigenvalue weighted by Gasteiger charge is 2.19. The zero-order valence-electron chi connectivity index (χ0n) is 12.2. The molecule has 0 saturated carbocycles. The van der Waals surface area contributed by atoms with Crippen molar-refractivity contribution in [3.05, 3.63) is 0 Å². The Labute approximate surface area is 112 Å². The fourth-order valence-corrected chi connectivity index (χ4v) is 2.66. The summed E-state index contributed by atoms with van der Waals surface area (Å²) in [4.78, 5) is 14.2. The minimum atomic E-state index is 0.360. The summed E-state index contributed by atoms with van der Waals surface area (Å²) in [7, 11) is 0. The van der Waals surface area contributed by atoms with E-state index in [0.717, 1.165) is 39.0 Å². The maximum Gasteiger partial charge on any atom is 0.222 e. The standard InChI is InChI=1S/C15H30N2O/c1-3-5-6-7-10-15(18)17(4-2)13-14-9-8-11-16-12-14/h14,16H,3-13H2,1-2H3. The highest BCUT2D eigenvalue weighted by molar-refractivity contribution is 5.76. The molecular formula is C15H30N2O. The SMILES string of the molecule is CCCCCCC(=O)N(CC)CC1CCCNC1. The molecule has 0 aromatic heterocycles. The first-order valence-electron chi connectivity index (χ1n) is 7.76. The van der Waals surface area contributed by atoms with Crippen LogP contribution < -0.4 is 5.32 Å². The Morgan fingerprint density at radius 3 is 2.72 bits per heavy atom. The van der Waals surface area contributed by atoms with Crippen LogP contribution in [0, 0.1) is 5.92 Å². The van der Waals surface area contributed by atoms with E-state index in [-0.39, 0.29) is 0 Å². The Balaban J connectivity index is 2.23. The number of carbonyl (C=O) groups is 1. The van der Waals surface area contributed by atoms with Crippen molar-refractivity contribution in [2.45, 2.75) is 58.8 Å². The predicted octanol–water partition coefficient (Wildman–Crippen LogP) is 2.80. The Bertz CT molecular complexity index is 225. The Morgan fingerprint density at radius 1 is 1.28 bits per heavy atom. The average Bonchev–Trinajstić information content (AvgIpc) is 2.42. The summed E-state index contributed by atoms with van der Waals surface area (Å²) in [5.74, 6) is 1.03. The van der Waals surface area contributed by atoms with E-state index >= 15 is 0 Å². The lowest BCUT2D eigenvalue weighted by atomic mass is 9.99. The summed E-state index contributed by atoms with van der Waals surface area (Å²) in [6, 6.07) is 0. The van der Waals surface area contributed by atoms with E-state index in [2.05, 4.69) is 24.1 Å². The lowest BCUT2D eigenvalue weighted by molar-refractivity contribution is -0.131. The molecule has 0 spiro atoms. The first-order valence-corrected chi connectivity index (χ1v) is 7.76. The zero-order valence-corrected chi connectivity index (χ0v) is 12.2. The first-order chi connectivity index (χ1) is 8.77. The maximum absolute atomic E-state index is 12.1. The first kappa shape index (κ1) is 15.5. The van der Waals surface area contributed by atoms with Crippen molar-refractivity contribution in [3.63, 3.8) is 0 Å². The highest BCUT2D eigenvalue weighted by atomic mass is 16.2. The molecule has 3 nitrogen and oxygen atoms in total. The molecule has 0 bridgehead atoms. The van der Waals surface area contributed by atoms with Gasteiger partial charge < -0.3 is 10.2 Å². The molecule has 0 aromatic carbocycles. The number of hydrogen-bond donors (Lipinski definition) is 1. The topological polar surface area (TPSA) is 32.3 Å². The molecular weight excluding hydrogens is 224 g/mol. The van der Waals surface area contributed by atoms with Gasteiger partial charge in [0.05, 0.1) is 0 Å². The molecule has 18 heavy (non-hydrogen) atoms. The molecule has 1 aliphatic heterocycles. The fraction of sp³-hybridized carbons (Fsp3) is 0.933. The van der Waals surface area contributed by atoms with Gasteiger partial charge in [-0.1, -0.05) is 26.2 Å². The smallest absolute Gasteiger partial charge is 0.222 e. The molecule has 1 heterocycles. The van der Waals surface area contributed by atoms with Gasteiger partial charge >= 0.3 is 0 Å². The lowest BCUT2D eigenvalue weighted by Crippen LogP contribution is -2.40. The van der Waals surface area contributed by atoms with E-state index in [1.54, 1.807) is 0 Å². The van der Waals surface area contributed by atoms with Gasteiger partial charge in [-0.05, 0) is 45.2 Å². The number of nitrogens with one attached hydrogen (secondary N) is 1. The molecule has 0 aromatic rings. The van der Waals surface area contributed by atoms with Crippen LogP contribution in [-0.4, -0.2) is 37.0 Å². The summed E-state index contributed by atoms with van der Waals surface area (Å²) >= 11 is 0. The van der Waals surface area contributed by atoms with Crippen LogP contribution in [0.15, 0.2) is 0 Å². The van der Waals surface area contributed by atoms with E-state index in [4.69, 9.17) is 0 Å². The average molecular weight is 254 g/mol. The summed E-state index contributed by atoms with van der Waals surface area (Å²) in [5.41, 5.74) is 0. The third kappa shape index (κ3) is 5.85. The number of rotatable bonds is 8. The van der Waals surface area contributed by atoms with Crippen molar-refractivity contribution in [1.29, 1.82) is 0 Å².